The lowest BCUT2D eigenvalue weighted by molar-refractivity contribution is -0.126. The van der Waals surface area contributed by atoms with Crippen molar-refractivity contribution in [1.82, 2.24) is 5.16 Å². The molecule has 0 saturated heterocycles. The van der Waals surface area contributed by atoms with Gasteiger partial charge in [-0.2, -0.15) is 0 Å². The van der Waals surface area contributed by atoms with Crippen molar-refractivity contribution in [2.45, 2.75) is 33.3 Å². The SMILES string of the molecule is Cc1cc(CCN(C(=O)[C@@H](O)c2ccccc2)c2ccc(C)c(C)c2)on1. The summed E-state index contributed by atoms with van der Waals surface area (Å²) in [5.74, 6) is 0.351. The Kier molecular flexibility index (Phi) is 5.72. The number of aliphatic hydroxyl groups excluding tert-OH is 1. The van der Waals surface area contributed by atoms with Crippen molar-refractivity contribution < 1.29 is 14.4 Å². The number of carbonyl (C=O) groups is 1. The predicted octanol–water partition coefficient (Wildman–Crippen LogP) is 3.91. The van der Waals surface area contributed by atoms with Gasteiger partial charge in [-0.15, -0.1) is 0 Å². The number of anilines is 1. The van der Waals surface area contributed by atoms with Gasteiger partial charge in [0.25, 0.3) is 5.91 Å². The summed E-state index contributed by atoms with van der Waals surface area (Å²) in [7, 11) is 0. The number of aryl methyl sites for hydroxylation is 3. The third kappa shape index (κ3) is 4.44. The fraction of sp³-hybridized carbons (Fsp3) is 0.273. The molecule has 1 heterocycles. The van der Waals surface area contributed by atoms with E-state index in [1.165, 1.54) is 0 Å². The van der Waals surface area contributed by atoms with Crippen molar-refractivity contribution in [2.75, 3.05) is 11.4 Å². The maximum Gasteiger partial charge on any atom is 0.260 e. The van der Waals surface area contributed by atoms with Crippen LogP contribution in [0.5, 0.6) is 0 Å². The number of hydrogen-bond donors (Lipinski definition) is 1. The molecule has 5 heteroatoms. The molecule has 0 aliphatic rings. The van der Waals surface area contributed by atoms with Crippen LogP contribution in [0.15, 0.2) is 59.1 Å². The van der Waals surface area contributed by atoms with Gasteiger partial charge in [0.1, 0.15) is 5.76 Å². The molecule has 0 aliphatic carbocycles. The summed E-state index contributed by atoms with van der Waals surface area (Å²) in [6.45, 7) is 6.29. The first-order valence-electron chi connectivity index (χ1n) is 8.99. The fourth-order valence-corrected chi connectivity index (χ4v) is 2.94. The van der Waals surface area contributed by atoms with E-state index in [1.807, 2.05) is 63.2 Å². The van der Waals surface area contributed by atoms with Crippen molar-refractivity contribution in [3.63, 3.8) is 0 Å². The summed E-state index contributed by atoms with van der Waals surface area (Å²) in [6, 6.07) is 16.7. The molecule has 0 saturated carbocycles. The molecular formula is C22H24N2O3. The van der Waals surface area contributed by atoms with Crippen LogP contribution in [0.3, 0.4) is 0 Å². The first-order valence-corrected chi connectivity index (χ1v) is 8.99. The molecule has 0 unspecified atom stereocenters. The summed E-state index contributed by atoms with van der Waals surface area (Å²) in [4.78, 5) is 14.7. The summed E-state index contributed by atoms with van der Waals surface area (Å²) in [5, 5.41) is 14.5. The van der Waals surface area contributed by atoms with E-state index in [2.05, 4.69) is 5.16 Å². The molecular weight excluding hydrogens is 340 g/mol. The lowest BCUT2D eigenvalue weighted by Crippen LogP contribution is -2.37. The quantitative estimate of drug-likeness (QED) is 0.720. The first kappa shape index (κ1) is 18.9. The van der Waals surface area contributed by atoms with Crippen molar-refractivity contribution in [3.05, 3.63) is 82.7 Å². The average molecular weight is 364 g/mol. The van der Waals surface area contributed by atoms with Gasteiger partial charge >= 0.3 is 0 Å². The number of hydrogen-bond acceptors (Lipinski definition) is 4. The van der Waals surface area contributed by atoms with Crippen LogP contribution in [0, 0.1) is 20.8 Å². The van der Waals surface area contributed by atoms with Crippen LogP contribution in [0.25, 0.3) is 0 Å². The Labute approximate surface area is 159 Å². The largest absolute Gasteiger partial charge is 0.378 e. The minimum Gasteiger partial charge on any atom is -0.378 e. The molecule has 1 atom stereocenters. The topological polar surface area (TPSA) is 66.6 Å². The zero-order valence-electron chi connectivity index (χ0n) is 15.8. The molecule has 3 rings (SSSR count). The van der Waals surface area contributed by atoms with Crippen molar-refractivity contribution in [3.8, 4) is 0 Å². The second-order valence-corrected chi connectivity index (χ2v) is 6.76. The molecule has 140 valence electrons. The van der Waals surface area contributed by atoms with E-state index in [0.29, 0.717) is 24.3 Å². The highest BCUT2D eigenvalue weighted by Crippen LogP contribution is 2.24. The normalized spacial score (nSPS) is 12.0. The zero-order chi connectivity index (χ0) is 19.4. The minimum absolute atomic E-state index is 0.360. The first-order chi connectivity index (χ1) is 13.0. The third-order valence-corrected chi connectivity index (χ3v) is 4.68. The van der Waals surface area contributed by atoms with E-state index in [1.54, 1.807) is 17.0 Å². The Balaban J connectivity index is 1.88. The second kappa shape index (κ2) is 8.18. The molecule has 1 amide bonds. The predicted molar refractivity (Wildman–Crippen MR) is 105 cm³/mol. The molecule has 0 fully saturated rings. The van der Waals surface area contributed by atoms with Crippen molar-refractivity contribution >= 4 is 11.6 Å². The van der Waals surface area contributed by atoms with Gasteiger partial charge < -0.3 is 14.5 Å². The molecule has 3 aromatic rings. The van der Waals surface area contributed by atoms with Crippen LogP contribution < -0.4 is 4.90 Å². The van der Waals surface area contributed by atoms with Crippen molar-refractivity contribution in [1.29, 1.82) is 0 Å². The van der Waals surface area contributed by atoms with E-state index in [0.717, 1.165) is 22.5 Å². The Bertz CT molecular complexity index is 918. The fourth-order valence-electron chi connectivity index (χ4n) is 2.94. The summed E-state index contributed by atoms with van der Waals surface area (Å²) >= 11 is 0. The molecule has 0 spiro atoms. The monoisotopic (exact) mass is 364 g/mol. The Morgan fingerprint density at radius 1 is 1.07 bits per heavy atom. The minimum atomic E-state index is -1.22. The van der Waals surface area contributed by atoms with Gasteiger partial charge in [-0.3, -0.25) is 4.79 Å². The zero-order valence-corrected chi connectivity index (χ0v) is 15.8. The molecule has 5 nitrogen and oxygen atoms in total. The van der Waals surface area contributed by atoms with Gasteiger partial charge in [0.05, 0.1) is 5.69 Å². The van der Waals surface area contributed by atoms with Crippen molar-refractivity contribution in [2.24, 2.45) is 0 Å². The Morgan fingerprint density at radius 3 is 2.44 bits per heavy atom. The molecule has 1 N–H and O–H groups in total. The van der Waals surface area contributed by atoms with Crippen LogP contribution in [-0.2, 0) is 11.2 Å². The van der Waals surface area contributed by atoms with Gasteiger partial charge in [0.2, 0.25) is 0 Å². The van der Waals surface area contributed by atoms with Gasteiger partial charge in [0, 0.05) is 24.7 Å². The molecule has 1 aromatic heterocycles. The van der Waals surface area contributed by atoms with E-state index in [4.69, 9.17) is 4.52 Å². The highest BCUT2D eigenvalue weighted by Gasteiger charge is 2.25. The van der Waals surface area contributed by atoms with E-state index in [9.17, 15) is 9.90 Å². The van der Waals surface area contributed by atoms with Crippen LogP contribution >= 0.6 is 0 Å². The highest BCUT2D eigenvalue weighted by molar-refractivity contribution is 5.97. The molecule has 0 radical (unpaired) electrons. The maximum atomic E-state index is 13.1. The third-order valence-electron chi connectivity index (χ3n) is 4.68. The number of aromatic nitrogens is 1. The number of benzene rings is 2. The smallest absolute Gasteiger partial charge is 0.260 e. The summed E-state index contributed by atoms with van der Waals surface area (Å²) in [5.41, 5.74) is 4.38. The molecule has 0 bridgehead atoms. The van der Waals surface area contributed by atoms with Crippen LogP contribution in [0.1, 0.15) is 34.2 Å². The van der Waals surface area contributed by atoms with Crippen LogP contribution in [0.4, 0.5) is 5.69 Å². The molecule has 0 aliphatic heterocycles. The number of amides is 1. The number of carbonyl (C=O) groups excluding carboxylic acids is 1. The number of nitrogens with zero attached hydrogens (tertiary/aromatic N) is 2. The van der Waals surface area contributed by atoms with Crippen LogP contribution in [-0.4, -0.2) is 22.7 Å². The van der Waals surface area contributed by atoms with Gasteiger partial charge in [0.15, 0.2) is 6.10 Å². The average Bonchev–Trinajstić information content (AvgIpc) is 3.09. The second-order valence-electron chi connectivity index (χ2n) is 6.76. The Morgan fingerprint density at radius 2 is 1.81 bits per heavy atom. The van der Waals surface area contributed by atoms with Gasteiger partial charge in [-0.25, -0.2) is 0 Å². The van der Waals surface area contributed by atoms with Gasteiger partial charge in [-0.05, 0) is 49.6 Å². The molecule has 27 heavy (non-hydrogen) atoms. The Hall–Kier alpha value is -2.92. The number of aliphatic hydroxyl groups is 1. The van der Waals surface area contributed by atoms with E-state index < -0.39 is 6.10 Å². The van der Waals surface area contributed by atoms with E-state index in [-0.39, 0.29) is 5.91 Å². The van der Waals surface area contributed by atoms with Crippen LogP contribution in [0.2, 0.25) is 0 Å². The lowest BCUT2D eigenvalue weighted by Gasteiger charge is -2.26. The summed E-state index contributed by atoms with van der Waals surface area (Å²) in [6.07, 6.45) is -0.703. The standard InChI is InChI=1S/C22H24N2O3/c1-15-9-10-19(13-16(15)2)24(12-11-20-14-17(3)23-27-20)22(26)21(25)18-7-5-4-6-8-18/h4-10,13-14,21,25H,11-12H2,1-3H3/t21-/m0/s1. The molecule has 2 aromatic carbocycles. The highest BCUT2D eigenvalue weighted by atomic mass is 16.5. The maximum absolute atomic E-state index is 13.1. The summed E-state index contributed by atoms with van der Waals surface area (Å²) < 4.78 is 5.27. The van der Waals surface area contributed by atoms with Gasteiger partial charge in [-0.1, -0.05) is 41.6 Å². The lowest BCUT2D eigenvalue weighted by atomic mass is 10.1. The number of rotatable bonds is 6. The van der Waals surface area contributed by atoms with E-state index >= 15 is 0 Å².